The fourth-order valence-electron chi connectivity index (χ4n) is 8.06. The van der Waals surface area contributed by atoms with Gasteiger partial charge in [0.15, 0.2) is 5.69 Å². The number of hydrogen-bond donors (Lipinski definition) is 0. The summed E-state index contributed by atoms with van der Waals surface area (Å²) in [5.74, 6) is -4.81. The van der Waals surface area contributed by atoms with Crippen LogP contribution >= 0.6 is 0 Å². The Balaban J connectivity index is 1.40. The number of esters is 1. The molecule has 2 aliphatic carbocycles. The van der Waals surface area contributed by atoms with Crippen molar-refractivity contribution in [2.45, 2.75) is 115 Å². The largest absolute Gasteiger partial charge is 0.497 e. The highest BCUT2D eigenvalue weighted by atomic mass is 19.3. The van der Waals surface area contributed by atoms with Crippen LogP contribution in [0.25, 0.3) is 11.0 Å². The van der Waals surface area contributed by atoms with Gasteiger partial charge in [0.25, 0.3) is 5.92 Å². The van der Waals surface area contributed by atoms with Crippen molar-refractivity contribution in [3.05, 3.63) is 23.9 Å². The number of ether oxygens (including phenoxy) is 3. The predicted molar refractivity (Wildman–Crippen MR) is 165 cm³/mol. The first-order valence-electron chi connectivity index (χ1n) is 16.9. The lowest BCUT2D eigenvalue weighted by atomic mass is 9.77. The molecule has 11 heteroatoms. The van der Waals surface area contributed by atoms with Gasteiger partial charge in [-0.25, -0.2) is 9.97 Å². The Bertz CT molecular complexity index is 1470. The zero-order valence-corrected chi connectivity index (χ0v) is 27.0. The van der Waals surface area contributed by atoms with Crippen molar-refractivity contribution in [2.24, 2.45) is 23.7 Å². The molecule has 1 saturated heterocycles. The van der Waals surface area contributed by atoms with E-state index < -0.39 is 53.6 Å². The quantitative estimate of drug-likeness (QED) is 0.279. The number of nitrogens with zero attached hydrogens (tertiary/aromatic N) is 3. The van der Waals surface area contributed by atoms with Crippen molar-refractivity contribution >= 4 is 29.2 Å². The molecule has 46 heavy (non-hydrogen) atoms. The number of carbonyl (C=O) groups is 3. The SMILES string of the molecule is CC[C@@H]1[C@@H]2CN(C(=O)[C@H](C3CCCCC3)CC(=O)O[C@]3(C)C[C@H]3CCCCC(F)(F)c3nc4ccc(OC)cc4nc3O2)[C@@H]1C=O. The third-order valence-electron chi connectivity index (χ3n) is 10.9. The minimum atomic E-state index is -3.34. The van der Waals surface area contributed by atoms with Crippen molar-refractivity contribution < 1.29 is 37.4 Å². The highest BCUT2D eigenvalue weighted by molar-refractivity contribution is 5.87. The Labute approximate surface area is 268 Å². The molecular weight excluding hydrogens is 596 g/mol. The van der Waals surface area contributed by atoms with Crippen molar-refractivity contribution in [1.29, 1.82) is 0 Å². The Morgan fingerprint density at radius 2 is 1.83 bits per heavy atom. The molecule has 6 rings (SSSR count). The molecular formula is C35H45F2N3O6. The van der Waals surface area contributed by atoms with Crippen LogP contribution in [0.5, 0.6) is 11.6 Å². The third kappa shape index (κ3) is 6.43. The average molecular weight is 642 g/mol. The average Bonchev–Trinajstić information content (AvgIpc) is 3.54. The zero-order valence-electron chi connectivity index (χ0n) is 27.0. The van der Waals surface area contributed by atoms with E-state index >= 15 is 8.78 Å². The number of alkyl halides is 2. The number of hydrogen-bond acceptors (Lipinski definition) is 8. The standard InChI is InChI=1S/C35H45F2N3O6/c1-4-24-28(20-41)40-19-29(24)45-32-31(38-26-14-13-23(44-3)16-27(26)39-32)35(36,37)15-9-8-12-22-18-34(22,2)46-30(42)17-25(33(40)43)21-10-6-5-7-11-21/h13-14,16,20-22,24-25,28-29H,4-12,15,17-19H2,1-3H3/t22-,24+,25+,28-,29+,34-/m1/s1. The van der Waals surface area contributed by atoms with E-state index in [1.54, 1.807) is 18.2 Å². The summed E-state index contributed by atoms with van der Waals surface area (Å²) in [6.45, 7) is 3.79. The highest BCUT2D eigenvalue weighted by Crippen LogP contribution is 2.51. The maximum absolute atomic E-state index is 16.0. The molecule has 1 amide bonds. The Morgan fingerprint density at radius 1 is 1.07 bits per heavy atom. The van der Waals surface area contributed by atoms with E-state index in [-0.39, 0.29) is 48.5 Å². The van der Waals surface area contributed by atoms with Gasteiger partial charge in [0.05, 0.1) is 43.1 Å². The second kappa shape index (κ2) is 13.0. The topological polar surface area (TPSA) is 108 Å². The molecule has 9 nitrogen and oxygen atoms in total. The van der Waals surface area contributed by atoms with E-state index in [0.717, 1.165) is 38.4 Å². The predicted octanol–water partition coefficient (Wildman–Crippen LogP) is 6.40. The molecule has 0 radical (unpaired) electrons. The number of carbonyl (C=O) groups excluding carboxylic acids is 3. The number of aldehydes is 1. The van der Waals surface area contributed by atoms with Gasteiger partial charge in [0.2, 0.25) is 11.8 Å². The van der Waals surface area contributed by atoms with E-state index in [1.165, 1.54) is 12.0 Å². The smallest absolute Gasteiger partial charge is 0.307 e. The number of benzene rings is 1. The molecule has 2 saturated carbocycles. The maximum Gasteiger partial charge on any atom is 0.307 e. The fourth-order valence-corrected chi connectivity index (χ4v) is 8.06. The Kier molecular flexibility index (Phi) is 9.22. The summed E-state index contributed by atoms with van der Waals surface area (Å²) < 4.78 is 49.7. The molecule has 3 fully saturated rings. The lowest BCUT2D eigenvalue weighted by Crippen LogP contribution is -2.45. The normalized spacial score (nSPS) is 32.4. The van der Waals surface area contributed by atoms with Crippen LogP contribution in [0.15, 0.2) is 18.2 Å². The molecule has 2 bridgehead atoms. The lowest BCUT2D eigenvalue weighted by Gasteiger charge is -2.33. The van der Waals surface area contributed by atoms with Gasteiger partial charge in [-0.05, 0) is 63.5 Å². The summed E-state index contributed by atoms with van der Waals surface area (Å²) >= 11 is 0. The van der Waals surface area contributed by atoms with Crippen LogP contribution in [0.4, 0.5) is 8.78 Å². The molecule has 4 aliphatic rings. The van der Waals surface area contributed by atoms with E-state index in [4.69, 9.17) is 14.2 Å². The van der Waals surface area contributed by atoms with Crippen molar-refractivity contribution in [1.82, 2.24) is 14.9 Å². The second-order valence-corrected chi connectivity index (χ2v) is 13.9. The first kappa shape index (κ1) is 32.6. The first-order valence-corrected chi connectivity index (χ1v) is 16.9. The molecule has 3 heterocycles. The van der Waals surface area contributed by atoms with E-state index in [9.17, 15) is 14.4 Å². The summed E-state index contributed by atoms with van der Waals surface area (Å²) in [7, 11) is 1.51. The number of fused-ring (bicyclic) bond motifs is 5. The number of rotatable bonds is 4. The molecule has 2 aromatic rings. The van der Waals surface area contributed by atoms with Crippen molar-refractivity contribution in [3.63, 3.8) is 0 Å². The third-order valence-corrected chi connectivity index (χ3v) is 10.9. The molecule has 250 valence electrons. The molecule has 0 spiro atoms. The van der Waals surface area contributed by atoms with E-state index in [1.807, 2.05) is 13.8 Å². The lowest BCUT2D eigenvalue weighted by molar-refractivity contribution is -0.157. The molecule has 2 aliphatic heterocycles. The van der Waals surface area contributed by atoms with Crippen LogP contribution in [0.1, 0.15) is 96.6 Å². The molecule has 1 aromatic carbocycles. The summed E-state index contributed by atoms with van der Waals surface area (Å²) in [5, 5.41) is 0. The Hall–Kier alpha value is -3.37. The molecule has 1 aromatic heterocycles. The summed E-state index contributed by atoms with van der Waals surface area (Å²) in [5.41, 5.74) is -0.560. The fraction of sp³-hybridized carbons (Fsp3) is 0.686. The van der Waals surface area contributed by atoms with Crippen molar-refractivity contribution in [2.75, 3.05) is 13.7 Å². The second-order valence-electron chi connectivity index (χ2n) is 13.9. The number of amides is 1. The van der Waals surface area contributed by atoms with Crippen LogP contribution in [0.3, 0.4) is 0 Å². The Morgan fingerprint density at radius 3 is 2.54 bits per heavy atom. The molecule has 0 unspecified atom stereocenters. The van der Waals surface area contributed by atoms with Gasteiger partial charge < -0.3 is 23.9 Å². The summed E-state index contributed by atoms with van der Waals surface area (Å²) in [6.07, 6.45) is 6.77. The van der Waals surface area contributed by atoms with Gasteiger partial charge in [-0.15, -0.1) is 0 Å². The van der Waals surface area contributed by atoms with E-state index in [2.05, 4.69) is 9.97 Å². The van der Waals surface area contributed by atoms with Gasteiger partial charge in [-0.1, -0.05) is 32.6 Å². The first-order chi connectivity index (χ1) is 22.1. The van der Waals surface area contributed by atoms with Gasteiger partial charge in [-0.2, -0.15) is 8.78 Å². The van der Waals surface area contributed by atoms with Crippen LogP contribution in [0.2, 0.25) is 0 Å². The highest BCUT2D eigenvalue weighted by Gasteiger charge is 2.54. The van der Waals surface area contributed by atoms with Crippen LogP contribution in [0, 0.1) is 23.7 Å². The molecule has 0 N–H and O–H groups in total. The summed E-state index contributed by atoms with van der Waals surface area (Å²) in [6, 6.07) is 4.03. The van der Waals surface area contributed by atoms with Crippen LogP contribution in [-0.2, 0) is 25.0 Å². The van der Waals surface area contributed by atoms with Crippen molar-refractivity contribution in [3.8, 4) is 11.6 Å². The molecule has 6 atom stereocenters. The maximum atomic E-state index is 16.0. The monoisotopic (exact) mass is 641 g/mol. The zero-order chi connectivity index (χ0) is 32.6. The van der Waals surface area contributed by atoms with Gasteiger partial charge in [0, 0.05) is 24.3 Å². The number of halogens is 2. The van der Waals surface area contributed by atoms with Gasteiger partial charge in [-0.3, -0.25) is 9.59 Å². The minimum absolute atomic E-state index is 0.00109. The van der Waals surface area contributed by atoms with E-state index in [0.29, 0.717) is 36.9 Å². The number of aromatic nitrogens is 2. The minimum Gasteiger partial charge on any atom is -0.497 e. The van der Waals surface area contributed by atoms with Gasteiger partial charge >= 0.3 is 5.97 Å². The van der Waals surface area contributed by atoms with Crippen LogP contribution < -0.4 is 9.47 Å². The summed E-state index contributed by atoms with van der Waals surface area (Å²) in [4.78, 5) is 50.8. The van der Waals surface area contributed by atoms with Crippen LogP contribution in [-0.4, -0.2) is 64.4 Å². The van der Waals surface area contributed by atoms with Gasteiger partial charge in [0.1, 0.15) is 23.7 Å². The number of methoxy groups -OCH3 is 1.